The lowest BCUT2D eigenvalue weighted by atomic mass is 9.71. The summed E-state index contributed by atoms with van der Waals surface area (Å²) < 4.78 is 12.7. The third-order valence-electron chi connectivity index (χ3n) is 6.17. The van der Waals surface area contributed by atoms with Crippen LogP contribution in [-0.2, 0) is 10.3 Å². The van der Waals surface area contributed by atoms with Crippen molar-refractivity contribution in [3.8, 4) is 5.75 Å². The predicted molar refractivity (Wildman–Crippen MR) is 113 cm³/mol. The van der Waals surface area contributed by atoms with Gasteiger partial charge in [0.1, 0.15) is 11.4 Å². The summed E-state index contributed by atoms with van der Waals surface area (Å²) >= 11 is 0. The van der Waals surface area contributed by atoms with E-state index in [-0.39, 0.29) is 7.05 Å². The maximum Gasteiger partial charge on any atom is 0.423 e. The van der Waals surface area contributed by atoms with E-state index in [0.29, 0.717) is 6.04 Å². The van der Waals surface area contributed by atoms with Crippen LogP contribution in [0.1, 0.15) is 24.0 Å². The molecule has 2 heterocycles. The molecular weight excluding hydrogens is 345 g/mol. The summed E-state index contributed by atoms with van der Waals surface area (Å²) in [6, 6.07) is 29.9. The number of benzene rings is 3. The number of hydrogen-bond donors (Lipinski definition) is 0. The van der Waals surface area contributed by atoms with E-state index in [1.54, 1.807) is 7.11 Å². The molecule has 140 valence electrons. The van der Waals surface area contributed by atoms with Crippen molar-refractivity contribution in [2.75, 3.05) is 13.7 Å². The predicted octanol–water partition coefficient (Wildman–Crippen LogP) is 3.83. The van der Waals surface area contributed by atoms with Gasteiger partial charge >= 0.3 is 7.05 Å². The van der Waals surface area contributed by atoms with Crippen LogP contribution in [0, 0.1) is 0 Å². The molecule has 28 heavy (non-hydrogen) atoms. The second kappa shape index (κ2) is 7.12. The van der Waals surface area contributed by atoms with Gasteiger partial charge in [0.15, 0.2) is 0 Å². The zero-order valence-electron chi connectivity index (χ0n) is 16.1. The Morgan fingerprint density at radius 1 is 0.893 bits per heavy atom. The van der Waals surface area contributed by atoms with Gasteiger partial charge in [0.2, 0.25) is 0 Å². The van der Waals surface area contributed by atoms with Crippen molar-refractivity contribution in [3.05, 3.63) is 96.1 Å². The highest BCUT2D eigenvalue weighted by molar-refractivity contribution is 6.66. The van der Waals surface area contributed by atoms with E-state index in [0.717, 1.165) is 24.2 Å². The van der Waals surface area contributed by atoms with Gasteiger partial charge in [-0.25, -0.2) is 0 Å². The number of fused-ring (bicyclic) bond motifs is 1. The van der Waals surface area contributed by atoms with Gasteiger partial charge in [0.25, 0.3) is 0 Å². The maximum absolute atomic E-state index is 7.06. The van der Waals surface area contributed by atoms with Crippen molar-refractivity contribution >= 4 is 12.5 Å². The number of para-hydroxylation sites is 1. The first-order chi connectivity index (χ1) is 13.8. The fourth-order valence-electron chi connectivity index (χ4n) is 5.00. The van der Waals surface area contributed by atoms with Crippen LogP contribution >= 0.6 is 0 Å². The minimum Gasteiger partial charge on any atom is -0.497 e. The molecule has 3 aromatic carbocycles. The topological polar surface area (TPSA) is 21.7 Å². The Balaban J connectivity index is 1.70. The molecular formula is C24H24BNO2. The highest BCUT2D eigenvalue weighted by Crippen LogP contribution is 2.49. The standard InChI is InChI=1S/C24H24BNO2/c1-27-22-16-9-8-15-21(22)25-26-18-10-17-23(26)24(28-25,19-11-4-2-5-12-19)20-13-6-3-7-14-20/h2-9,11-16,23H,10,17-18H2,1H3/t23-/m0/s1. The van der Waals surface area contributed by atoms with E-state index in [1.807, 2.05) is 12.1 Å². The summed E-state index contributed by atoms with van der Waals surface area (Å²) in [5.41, 5.74) is 3.06. The van der Waals surface area contributed by atoms with Crippen LogP contribution in [0.2, 0.25) is 0 Å². The number of methoxy groups -OCH3 is 1. The summed E-state index contributed by atoms with van der Waals surface area (Å²) in [5, 5.41) is 0. The van der Waals surface area contributed by atoms with Crippen LogP contribution in [0.4, 0.5) is 0 Å². The molecule has 0 amide bonds. The average Bonchev–Trinajstić information content (AvgIpc) is 3.37. The number of nitrogens with zero attached hydrogens (tertiary/aromatic N) is 1. The lowest BCUT2D eigenvalue weighted by Gasteiger charge is -2.36. The molecule has 2 saturated heterocycles. The van der Waals surface area contributed by atoms with Crippen LogP contribution in [-0.4, -0.2) is 31.6 Å². The van der Waals surface area contributed by atoms with Crippen LogP contribution in [0.25, 0.3) is 0 Å². The second-order valence-electron chi connectivity index (χ2n) is 7.58. The smallest absolute Gasteiger partial charge is 0.423 e. The summed E-state index contributed by atoms with van der Waals surface area (Å²) in [4.78, 5) is 2.53. The van der Waals surface area contributed by atoms with E-state index >= 15 is 0 Å². The van der Waals surface area contributed by atoms with E-state index in [1.165, 1.54) is 17.5 Å². The van der Waals surface area contributed by atoms with Gasteiger partial charge in [-0.1, -0.05) is 78.9 Å². The van der Waals surface area contributed by atoms with Crippen molar-refractivity contribution in [3.63, 3.8) is 0 Å². The third-order valence-corrected chi connectivity index (χ3v) is 6.17. The number of hydrogen-bond acceptors (Lipinski definition) is 3. The van der Waals surface area contributed by atoms with Crippen molar-refractivity contribution in [1.29, 1.82) is 0 Å². The van der Waals surface area contributed by atoms with Gasteiger partial charge in [0.05, 0.1) is 7.11 Å². The number of rotatable bonds is 4. The summed E-state index contributed by atoms with van der Waals surface area (Å²) in [5.74, 6) is 0.884. The largest absolute Gasteiger partial charge is 0.497 e. The molecule has 0 N–H and O–H groups in total. The highest BCUT2D eigenvalue weighted by Gasteiger charge is 2.59. The van der Waals surface area contributed by atoms with Gasteiger partial charge in [-0.3, -0.25) is 0 Å². The molecule has 0 aromatic heterocycles. The van der Waals surface area contributed by atoms with Gasteiger partial charge < -0.3 is 14.2 Å². The molecule has 1 atom stereocenters. The Hall–Kier alpha value is -2.56. The fraction of sp³-hybridized carbons (Fsp3) is 0.250. The monoisotopic (exact) mass is 369 g/mol. The number of ether oxygens (including phenoxy) is 1. The normalized spacial score (nSPS) is 20.9. The molecule has 0 unspecified atom stereocenters. The van der Waals surface area contributed by atoms with E-state index in [4.69, 9.17) is 9.39 Å². The summed E-state index contributed by atoms with van der Waals surface area (Å²) in [6.45, 7) is 1.04. The van der Waals surface area contributed by atoms with Crippen LogP contribution < -0.4 is 10.2 Å². The molecule has 0 saturated carbocycles. The zero-order chi connectivity index (χ0) is 19.0. The Labute approximate surface area is 167 Å². The SMILES string of the molecule is COc1ccccc1B1OC(c2ccccc2)(c2ccccc2)[C@@H]2CCCN12. The van der Waals surface area contributed by atoms with Crippen molar-refractivity contribution < 1.29 is 9.39 Å². The first-order valence-electron chi connectivity index (χ1n) is 10.0. The molecule has 0 radical (unpaired) electrons. The molecule has 5 rings (SSSR count). The molecule has 0 bridgehead atoms. The molecule has 3 nitrogen and oxygen atoms in total. The van der Waals surface area contributed by atoms with Gasteiger partial charge in [-0.15, -0.1) is 0 Å². The van der Waals surface area contributed by atoms with Crippen molar-refractivity contribution in [1.82, 2.24) is 4.81 Å². The minimum atomic E-state index is -0.482. The molecule has 4 heteroatoms. The first-order valence-corrected chi connectivity index (χ1v) is 10.0. The van der Waals surface area contributed by atoms with E-state index in [2.05, 4.69) is 77.6 Å². The van der Waals surface area contributed by atoms with Gasteiger partial charge in [-0.2, -0.15) is 0 Å². The third kappa shape index (κ3) is 2.60. The van der Waals surface area contributed by atoms with Crippen LogP contribution in [0.3, 0.4) is 0 Å². The quantitative estimate of drug-likeness (QED) is 0.653. The van der Waals surface area contributed by atoms with Gasteiger partial charge in [0, 0.05) is 11.5 Å². The van der Waals surface area contributed by atoms with Crippen molar-refractivity contribution in [2.24, 2.45) is 0 Å². The summed E-state index contributed by atoms with van der Waals surface area (Å²) in [7, 11) is 1.61. The van der Waals surface area contributed by atoms with Gasteiger partial charge in [-0.05, 0) is 36.6 Å². The molecule has 2 aliphatic rings. The molecule has 0 aliphatic carbocycles. The van der Waals surface area contributed by atoms with E-state index < -0.39 is 5.60 Å². The average molecular weight is 369 g/mol. The lowest BCUT2D eigenvalue weighted by Crippen LogP contribution is -2.46. The highest BCUT2D eigenvalue weighted by atomic mass is 16.5. The minimum absolute atomic E-state index is 0.121. The summed E-state index contributed by atoms with van der Waals surface area (Å²) in [6.07, 6.45) is 2.30. The first kappa shape index (κ1) is 17.5. The molecule has 2 aliphatic heterocycles. The molecule has 2 fully saturated rings. The van der Waals surface area contributed by atoms with Crippen LogP contribution in [0.15, 0.2) is 84.9 Å². The maximum atomic E-state index is 7.06. The van der Waals surface area contributed by atoms with Crippen molar-refractivity contribution in [2.45, 2.75) is 24.5 Å². The molecule has 0 spiro atoms. The Morgan fingerprint density at radius 2 is 1.50 bits per heavy atom. The Bertz CT molecular complexity index is 908. The Morgan fingerprint density at radius 3 is 2.14 bits per heavy atom. The lowest BCUT2D eigenvalue weighted by molar-refractivity contribution is 0.106. The fourth-order valence-corrected chi connectivity index (χ4v) is 5.00. The zero-order valence-corrected chi connectivity index (χ0v) is 16.1. The molecule has 3 aromatic rings. The second-order valence-corrected chi connectivity index (χ2v) is 7.58. The van der Waals surface area contributed by atoms with E-state index in [9.17, 15) is 0 Å². The van der Waals surface area contributed by atoms with Crippen LogP contribution in [0.5, 0.6) is 5.75 Å². The Kier molecular flexibility index (Phi) is 4.46.